The summed E-state index contributed by atoms with van der Waals surface area (Å²) in [4.78, 5) is 18.1. The number of esters is 1. The van der Waals surface area contributed by atoms with E-state index >= 15 is 0 Å². The summed E-state index contributed by atoms with van der Waals surface area (Å²) >= 11 is 1.12. The van der Waals surface area contributed by atoms with Gasteiger partial charge in [-0.3, -0.25) is 0 Å². The molecular formula is C31H38N2O7S2. The number of aliphatic hydroxyl groups is 1. The zero-order valence-corrected chi connectivity index (χ0v) is 26.4. The van der Waals surface area contributed by atoms with Crippen LogP contribution in [0.3, 0.4) is 0 Å². The van der Waals surface area contributed by atoms with Crippen molar-refractivity contribution in [2.75, 3.05) is 0 Å². The fourth-order valence-electron chi connectivity index (χ4n) is 4.86. The van der Waals surface area contributed by atoms with E-state index in [1.54, 1.807) is 37.4 Å². The quantitative estimate of drug-likeness (QED) is 0.197. The molecule has 1 aliphatic heterocycles. The highest BCUT2D eigenvalue weighted by atomic mass is 32.2. The van der Waals surface area contributed by atoms with Crippen molar-refractivity contribution in [3.05, 3.63) is 82.5 Å². The second kappa shape index (κ2) is 12.0. The zero-order valence-electron chi connectivity index (χ0n) is 24.7. The van der Waals surface area contributed by atoms with E-state index in [-0.39, 0.29) is 40.4 Å². The van der Waals surface area contributed by atoms with Gasteiger partial charge in [0.1, 0.15) is 27.8 Å². The van der Waals surface area contributed by atoms with Gasteiger partial charge in [-0.2, -0.15) is 8.42 Å². The number of cyclic esters (lactones) is 1. The van der Waals surface area contributed by atoms with Crippen molar-refractivity contribution in [2.24, 2.45) is 5.92 Å². The third-order valence-electron chi connectivity index (χ3n) is 7.42. The molecule has 1 aliphatic rings. The number of phenolic OH excluding ortho intramolecular Hbond substituents is 1. The summed E-state index contributed by atoms with van der Waals surface area (Å²) in [7, 11) is -3.97. The first-order valence-electron chi connectivity index (χ1n) is 13.7. The summed E-state index contributed by atoms with van der Waals surface area (Å²) in [5.41, 5.74) is 0.990. The number of nitrogens with zero attached hydrogens (tertiary/aromatic N) is 2. The first kappa shape index (κ1) is 31.5. The molecule has 3 aromatic rings. The molecule has 0 fully saturated rings. The van der Waals surface area contributed by atoms with Gasteiger partial charge in [0.25, 0.3) is 0 Å². The Bertz CT molecular complexity index is 1570. The lowest BCUT2D eigenvalue weighted by Gasteiger charge is -2.40. The van der Waals surface area contributed by atoms with E-state index in [1.165, 1.54) is 17.1 Å². The highest BCUT2D eigenvalue weighted by molar-refractivity contribution is 8.04. The van der Waals surface area contributed by atoms with Crippen LogP contribution in [-0.4, -0.2) is 39.8 Å². The minimum absolute atomic E-state index is 0.0311. The Hall–Kier alpha value is -3.44. The van der Waals surface area contributed by atoms with Gasteiger partial charge >= 0.3 is 16.1 Å². The van der Waals surface area contributed by atoms with E-state index in [4.69, 9.17) is 8.92 Å². The average Bonchev–Trinajstić information content (AvgIpc) is 3.38. The number of ether oxygens (including phenoxy) is 1. The van der Waals surface area contributed by atoms with Gasteiger partial charge in [-0.05, 0) is 72.1 Å². The standard InChI is InChI=1S/C31H38N2O7S2/c1-20(2)31(12-11-22-7-9-23(34)10-8-22)17-25(35)28(29(36)39-31)41-27-15-21(3)26(16-24(27)30(4,5)6)40-42(37,38)19-33-14-13-32-18-33/h7-10,13-16,18,20,34-35H,11-12,17,19H2,1-6H3. The van der Waals surface area contributed by atoms with Crippen LogP contribution in [0.1, 0.15) is 64.2 Å². The Morgan fingerprint density at radius 1 is 1.17 bits per heavy atom. The molecule has 2 N–H and O–H groups in total. The molecule has 0 aliphatic carbocycles. The average molecular weight is 615 g/mol. The molecule has 1 atom stereocenters. The summed E-state index contributed by atoms with van der Waals surface area (Å²) in [6.45, 7) is 11.6. The van der Waals surface area contributed by atoms with Gasteiger partial charge in [0.15, 0.2) is 5.88 Å². The number of aryl methyl sites for hydroxylation is 2. The van der Waals surface area contributed by atoms with Crippen molar-refractivity contribution in [1.29, 1.82) is 0 Å². The minimum atomic E-state index is -3.97. The molecule has 0 amide bonds. The summed E-state index contributed by atoms with van der Waals surface area (Å²) in [6.07, 6.45) is 5.73. The van der Waals surface area contributed by atoms with Crippen LogP contribution in [0.2, 0.25) is 0 Å². The molecule has 0 spiro atoms. The first-order chi connectivity index (χ1) is 19.6. The number of carbonyl (C=O) groups is 1. The van der Waals surface area contributed by atoms with E-state index in [0.717, 1.165) is 22.9 Å². The second-order valence-corrected chi connectivity index (χ2v) is 14.6. The van der Waals surface area contributed by atoms with Gasteiger partial charge in [0.2, 0.25) is 0 Å². The third-order valence-corrected chi connectivity index (χ3v) is 9.63. The lowest BCUT2D eigenvalue weighted by molar-refractivity contribution is -0.164. The van der Waals surface area contributed by atoms with Crippen molar-refractivity contribution >= 4 is 27.8 Å². The van der Waals surface area contributed by atoms with Crippen molar-refractivity contribution in [3.63, 3.8) is 0 Å². The normalized spacial score (nSPS) is 17.9. The Morgan fingerprint density at radius 2 is 1.86 bits per heavy atom. The van der Waals surface area contributed by atoms with Crippen LogP contribution in [-0.2, 0) is 37.4 Å². The van der Waals surface area contributed by atoms with Gasteiger partial charge < -0.3 is 23.7 Å². The van der Waals surface area contributed by atoms with Gasteiger partial charge in [0.05, 0.1) is 6.33 Å². The van der Waals surface area contributed by atoms with Gasteiger partial charge in [-0.1, -0.05) is 58.5 Å². The van der Waals surface area contributed by atoms with E-state index in [9.17, 15) is 23.4 Å². The molecule has 0 bridgehead atoms. The summed E-state index contributed by atoms with van der Waals surface area (Å²) < 4.78 is 38.5. The van der Waals surface area contributed by atoms with E-state index in [1.807, 2.05) is 46.8 Å². The van der Waals surface area contributed by atoms with Crippen LogP contribution in [0.15, 0.2) is 70.7 Å². The Kier molecular flexibility index (Phi) is 9.03. The lowest BCUT2D eigenvalue weighted by atomic mass is 9.80. The zero-order chi connectivity index (χ0) is 30.9. The number of thioether (sulfide) groups is 1. The molecule has 0 saturated heterocycles. The van der Waals surface area contributed by atoms with E-state index in [0.29, 0.717) is 23.3 Å². The summed E-state index contributed by atoms with van der Waals surface area (Å²) in [6, 6.07) is 10.4. The first-order valence-corrected chi connectivity index (χ1v) is 16.1. The Morgan fingerprint density at radius 3 is 2.43 bits per heavy atom. The maximum atomic E-state index is 13.4. The number of aromatic hydroxyl groups is 1. The maximum Gasteiger partial charge on any atom is 0.349 e. The van der Waals surface area contributed by atoms with E-state index < -0.39 is 27.1 Å². The topological polar surface area (TPSA) is 128 Å². The van der Waals surface area contributed by atoms with Crippen molar-refractivity contribution in [3.8, 4) is 11.5 Å². The predicted molar refractivity (Wildman–Crippen MR) is 162 cm³/mol. The monoisotopic (exact) mass is 614 g/mol. The third kappa shape index (κ3) is 7.30. The number of aliphatic hydroxyl groups excluding tert-OH is 1. The summed E-state index contributed by atoms with van der Waals surface area (Å²) in [5, 5.41) is 20.8. The lowest BCUT2D eigenvalue weighted by Crippen LogP contribution is -2.44. The molecule has 2 heterocycles. The van der Waals surface area contributed by atoms with Crippen LogP contribution in [0.25, 0.3) is 0 Å². The van der Waals surface area contributed by atoms with Crippen LogP contribution in [0.4, 0.5) is 0 Å². The number of hydrogen-bond acceptors (Lipinski definition) is 9. The van der Waals surface area contributed by atoms with Crippen molar-refractivity contribution in [1.82, 2.24) is 9.55 Å². The molecule has 0 saturated carbocycles. The van der Waals surface area contributed by atoms with Crippen LogP contribution in [0.5, 0.6) is 11.5 Å². The van der Waals surface area contributed by atoms with Crippen molar-refractivity contribution in [2.45, 2.75) is 82.6 Å². The van der Waals surface area contributed by atoms with Crippen molar-refractivity contribution < 1.29 is 32.3 Å². The van der Waals surface area contributed by atoms with Crippen LogP contribution in [0, 0.1) is 12.8 Å². The fraction of sp³-hybridized carbons (Fsp3) is 0.419. The summed E-state index contributed by atoms with van der Waals surface area (Å²) in [5.74, 6) is -0.683. The van der Waals surface area contributed by atoms with Gasteiger partial charge in [0, 0.05) is 23.7 Å². The molecule has 1 unspecified atom stereocenters. The predicted octanol–water partition coefficient (Wildman–Crippen LogP) is 6.40. The number of imidazole rings is 1. The largest absolute Gasteiger partial charge is 0.511 e. The van der Waals surface area contributed by atoms with Gasteiger partial charge in [-0.15, -0.1) is 0 Å². The number of aromatic nitrogens is 2. The van der Waals surface area contributed by atoms with Crippen LogP contribution >= 0.6 is 11.8 Å². The second-order valence-electron chi connectivity index (χ2n) is 12.0. The molecule has 42 heavy (non-hydrogen) atoms. The molecule has 226 valence electrons. The number of carbonyl (C=O) groups excluding carboxylic acids is 1. The number of benzene rings is 2. The highest BCUT2D eigenvalue weighted by Crippen LogP contribution is 2.46. The Balaban J connectivity index is 1.61. The minimum Gasteiger partial charge on any atom is -0.511 e. The highest BCUT2D eigenvalue weighted by Gasteiger charge is 2.44. The smallest absolute Gasteiger partial charge is 0.349 e. The number of rotatable bonds is 10. The van der Waals surface area contributed by atoms with Crippen LogP contribution < -0.4 is 4.18 Å². The van der Waals surface area contributed by atoms with E-state index in [2.05, 4.69) is 4.98 Å². The number of phenols is 1. The molecule has 9 nitrogen and oxygen atoms in total. The molecule has 1 aromatic heterocycles. The molecule has 2 aromatic carbocycles. The fourth-order valence-corrected chi connectivity index (χ4v) is 7.13. The number of hydrogen-bond donors (Lipinski definition) is 2. The molecular weight excluding hydrogens is 576 g/mol. The molecule has 11 heteroatoms. The molecule has 4 rings (SSSR count). The Labute approximate surface area is 251 Å². The molecule has 0 radical (unpaired) electrons. The SMILES string of the molecule is Cc1cc(SC2=C(O)CC(CCc3ccc(O)cc3)(C(C)C)OC2=O)c(C(C)(C)C)cc1OS(=O)(=O)Cn1ccnc1. The maximum absolute atomic E-state index is 13.4. The van der Waals surface area contributed by atoms with Gasteiger partial charge in [-0.25, -0.2) is 9.78 Å².